The van der Waals surface area contributed by atoms with Gasteiger partial charge in [0.05, 0.1) is 12.2 Å². The van der Waals surface area contributed by atoms with Gasteiger partial charge in [-0.15, -0.1) is 0 Å². The number of nitrogens with zero attached hydrogens (tertiary/aromatic N) is 1. The molecule has 0 aromatic heterocycles. The number of carbonyl (C=O) groups is 1. The molecule has 1 aliphatic heterocycles. The second kappa shape index (κ2) is 6.11. The van der Waals surface area contributed by atoms with Crippen LogP contribution >= 0.6 is 0 Å². The number of anilines is 1. The van der Waals surface area contributed by atoms with Crippen LogP contribution in [0.25, 0.3) is 0 Å². The minimum atomic E-state index is -3.29. The van der Waals surface area contributed by atoms with Crippen LogP contribution < -0.4 is 5.32 Å². The summed E-state index contributed by atoms with van der Waals surface area (Å²) >= 11 is 0. The van der Waals surface area contributed by atoms with Crippen molar-refractivity contribution in [2.75, 3.05) is 24.7 Å². The van der Waals surface area contributed by atoms with Gasteiger partial charge in [-0.1, -0.05) is 6.07 Å². The Kier molecular flexibility index (Phi) is 4.63. The van der Waals surface area contributed by atoms with Gasteiger partial charge in [0.25, 0.3) is 0 Å². The minimum absolute atomic E-state index is 0.180. The fraction of sp³-hybridized carbons (Fsp3) is 0.500. The van der Waals surface area contributed by atoms with Crippen molar-refractivity contribution in [3.63, 3.8) is 0 Å². The van der Waals surface area contributed by atoms with Crippen LogP contribution in [0.2, 0.25) is 0 Å². The topological polar surface area (TPSA) is 66.5 Å². The molecule has 0 radical (unpaired) electrons. The molecule has 116 valence electrons. The van der Waals surface area contributed by atoms with E-state index in [-0.39, 0.29) is 12.5 Å². The Balaban J connectivity index is 2.08. The Morgan fingerprint density at radius 2 is 2.14 bits per heavy atom. The molecule has 1 N–H and O–H groups in total. The Bertz CT molecular complexity index is 646. The van der Waals surface area contributed by atoms with Crippen molar-refractivity contribution in [1.29, 1.82) is 0 Å². The molecule has 1 aromatic carbocycles. The normalized spacial score (nSPS) is 20.2. The first kappa shape index (κ1) is 15.9. The van der Waals surface area contributed by atoms with Crippen molar-refractivity contribution in [3.8, 4) is 0 Å². The highest BCUT2D eigenvalue weighted by molar-refractivity contribution is 7.88. The highest BCUT2D eigenvalue weighted by atomic mass is 32.2. The smallest absolute Gasteiger partial charge is 0.228 e. The zero-order valence-electron chi connectivity index (χ0n) is 12.1. The predicted molar refractivity (Wildman–Crippen MR) is 78.9 cm³/mol. The summed E-state index contributed by atoms with van der Waals surface area (Å²) in [6.45, 7) is 2.40. The fourth-order valence-electron chi connectivity index (χ4n) is 2.42. The molecule has 1 amide bonds. The third kappa shape index (κ3) is 4.01. The van der Waals surface area contributed by atoms with Crippen LogP contribution in [0.15, 0.2) is 18.2 Å². The number of nitrogens with one attached hydrogen (secondary N) is 1. The molecule has 2 rings (SSSR count). The molecular formula is C14H19FN2O3S. The summed E-state index contributed by atoms with van der Waals surface area (Å²) in [4.78, 5) is 12.2. The molecule has 0 spiro atoms. The number of benzene rings is 1. The van der Waals surface area contributed by atoms with Gasteiger partial charge in [0.15, 0.2) is 0 Å². The Morgan fingerprint density at radius 1 is 1.43 bits per heavy atom. The highest BCUT2D eigenvalue weighted by Crippen LogP contribution is 2.22. The van der Waals surface area contributed by atoms with Gasteiger partial charge in [-0.2, -0.15) is 0 Å². The van der Waals surface area contributed by atoms with Crippen molar-refractivity contribution < 1.29 is 17.6 Å². The number of aryl methyl sites for hydroxylation is 1. The maximum atomic E-state index is 13.2. The van der Waals surface area contributed by atoms with E-state index in [1.54, 1.807) is 13.0 Å². The van der Waals surface area contributed by atoms with E-state index in [1.807, 2.05) is 0 Å². The maximum absolute atomic E-state index is 13.2. The summed E-state index contributed by atoms with van der Waals surface area (Å²) in [5.41, 5.74) is 1.19. The first-order valence-electron chi connectivity index (χ1n) is 6.79. The lowest BCUT2D eigenvalue weighted by Gasteiger charge is -2.30. The highest BCUT2D eigenvalue weighted by Gasteiger charge is 2.30. The van der Waals surface area contributed by atoms with E-state index in [2.05, 4.69) is 5.32 Å². The van der Waals surface area contributed by atoms with E-state index in [0.717, 1.165) is 11.8 Å². The number of hydrogen-bond donors (Lipinski definition) is 1. The molecule has 1 aromatic rings. The summed E-state index contributed by atoms with van der Waals surface area (Å²) in [6.07, 6.45) is 2.42. The van der Waals surface area contributed by atoms with Crippen molar-refractivity contribution in [1.82, 2.24) is 4.31 Å². The van der Waals surface area contributed by atoms with Crippen LogP contribution in [0.1, 0.15) is 18.4 Å². The summed E-state index contributed by atoms with van der Waals surface area (Å²) in [5.74, 6) is -1.09. The van der Waals surface area contributed by atoms with E-state index in [0.29, 0.717) is 25.1 Å². The number of carbonyl (C=O) groups excluding carboxylic acids is 1. The average Bonchev–Trinajstić information content (AvgIpc) is 2.42. The van der Waals surface area contributed by atoms with Crippen molar-refractivity contribution >= 4 is 21.6 Å². The molecule has 5 nitrogen and oxygen atoms in total. The maximum Gasteiger partial charge on any atom is 0.228 e. The first-order chi connectivity index (χ1) is 9.77. The molecule has 0 saturated carbocycles. The minimum Gasteiger partial charge on any atom is -0.325 e. The number of sulfonamides is 1. The molecule has 1 aliphatic rings. The molecular weight excluding hydrogens is 295 g/mol. The van der Waals surface area contributed by atoms with E-state index in [9.17, 15) is 17.6 Å². The lowest BCUT2D eigenvalue weighted by molar-refractivity contribution is -0.120. The number of amides is 1. The number of rotatable bonds is 3. The van der Waals surface area contributed by atoms with Crippen LogP contribution in [-0.4, -0.2) is 38.0 Å². The second-order valence-corrected chi connectivity index (χ2v) is 7.39. The Labute approximate surface area is 124 Å². The van der Waals surface area contributed by atoms with Gasteiger partial charge in [0.2, 0.25) is 15.9 Å². The zero-order valence-corrected chi connectivity index (χ0v) is 12.9. The molecule has 0 bridgehead atoms. The molecule has 7 heteroatoms. The third-order valence-corrected chi connectivity index (χ3v) is 4.95. The lowest BCUT2D eigenvalue weighted by atomic mass is 9.98. The molecule has 1 fully saturated rings. The zero-order chi connectivity index (χ0) is 15.6. The first-order valence-corrected chi connectivity index (χ1v) is 8.64. The van der Waals surface area contributed by atoms with Gasteiger partial charge >= 0.3 is 0 Å². The van der Waals surface area contributed by atoms with Gasteiger partial charge in [0.1, 0.15) is 5.82 Å². The van der Waals surface area contributed by atoms with E-state index >= 15 is 0 Å². The molecule has 0 aliphatic carbocycles. The third-order valence-electron chi connectivity index (χ3n) is 3.68. The average molecular weight is 314 g/mol. The standard InChI is InChI=1S/C14H19FN2O3S/c1-10-5-6-12(15)8-13(10)16-14(18)11-4-3-7-17(9-11)21(2,19)20/h5-6,8,11H,3-4,7,9H2,1-2H3,(H,16,18)/t11-/m0/s1. The summed E-state index contributed by atoms with van der Waals surface area (Å²) < 4.78 is 37.7. The molecule has 21 heavy (non-hydrogen) atoms. The molecule has 1 heterocycles. The van der Waals surface area contributed by atoms with Crippen LogP contribution in [-0.2, 0) is 14.8 Å². The van der Waals surface area contributed by atoms with Crippen LogP contribution in [0.3, 0.4) is 0 Å². The van der Waals surface area contributed by atoms with Gasteiger partial charge in [-0.05, 0) is 37.5 Å². The summed E-state index contributed by atoms with van der Waals surface area (Å²) in [6, 6.07) is 4.19. The molecule has 1 saturated heterocycles. The molecule has 1 atom stereocenters. The predicted octanol–water partition coefficient (Wildman–Crippen LogP) is 1.74. The lowest BCUT2D eigenvalue weighted by Crippen LogP contribution is -2.43. The van der Waals surface area contributed by atoms with Gasteiger partial charge < -0.3 is 5.32 Å². The van der Waals surface area contributed by atoms with Crippen LogP contribution in [0.4, 0.5) is 10.1 Å². The summed E-state index contributed by atoms with van der Waals surface area (Å²) in [7, 11) is -3.29. The largest absolute Gasteiger partial charge is 0.325 e. The summed E-state index contributed by atoms with van der Waals surface area (Å²) in [5, 5.41) is 2.69. The van der Waals surface area contributed by atoms with Gasteiger partial charge in [-0.25, -0.2) is 17.1 Å². The van der Waals surface area contributed by atoms with Crippen molar-refractivity contribution in [2.45, 2.75) is 19.8 Å². The quantitative estimate of drug-likeness (QED) is 0.924. The van der Waals surface area contributed by atoms with Crippen molar-refractivity contribution in [3.05, 3.63) is 29.6 Å². The Hall–Kier alpha value is -1.47. The Morgan fingerprint density at radius 3 is 2.81 bits per heavy atom. The van der Waals surface area contributed by atoms with Crippen LogP contribution in [0, 0.1) is 18.7 Å². The van der Waals surface area contributed by atoms with Gasteiger partial charge in [-0.3, -0.25) is 4.79 Å². The van der Waals surface area contributed by atoms with E-state index in [1.165, 1.54) is 16.4 Å². The van der Waals surface area contributed by atoms with Crippen molar-refractivity contribution in [2.24, 2.45) is 5.92 Å². The second-order valence-electron chi connectivity index (χ2n) is 5.41. The van der Waals surface area contributed by atoms with E-state index in [4.69, 9.17) is 0 Å². The number of halogens is 1. The molecule has 0 unspecified atom stereocenters. The number of piperidine rings is 1. The van der Waals surface area contributed by atoms with Crippen LogP contribution in [0.5, 0.6) is 0 Å². The van der Waals surface area contributed by atoms with E-state index < -0.39 is 21.8 Å². The number of hydrogen-bond acceptors (Lipinski definition) is 3. The monoisotopic (exact) mass is 314 g/mol. The fourth-order valence-corrected chi connectivity index (χ4v) is 3.33. The SMILES string of the molecule is Cc1ccc(F)cc1NC(=O)[C@H]1CCCN(S(C)(=O)=O)C1. The van der Waals surface area contributed by atoms with Gasteiger partial charge in [0, 0.05) is 18.8 Å².